The molecule has 1 amide bonds. The second-order valence-electron chi connectivity index (χ2n) is 5.75. The zero-order valence-corrected chi connectivity index (χ0v) is 9.93. The van der Waals surface area contributed by atoms with Gasteiger partial charge < -0.3 is 20.4 Å². The predicted molar refractivity (Wildman–Crippen MR) is 61.2 cm³/mol. The monoisotopic (exact) mass is 240 g/mol. The van der Waals surface area contributed by atoms with Crippen LogP contribution in [-0.2, 0) is 4.79 Å². The second-order valence-corrected chi connectivity index (χ2v) is 5.75. The van der Waals surface area contributed by atoms with Gasteiger partial charge in [0.2, 0.25) is 5.91 Å². The van der Waals surface area contributed by atoms with Gasteiger partial charge in [0.25, 0.3) is 0 Å². The molecule has 5 heteroatoms. The maximum atomic E-state index is 12.3. The molecule has 2 aliphatic heterocycles. The van der Waals surface area contributed by atoms with E-state index >= 15 is 0 Å². The Bertz CT molecular complexity index is 318. The van der Waals surface area contributed by atoms with Crippen molar-refractivity contribution in [2.45, 2.75) is 31.5 Å². The van der Waals surface area contributed by atoms with E-state index in [0.29, 0.717) is 13.1 Å². The Balaban J connectivity index is 1.61. The highest BCUT2D eigenvalue weighted by Crippen LogP contribution is 2.59. The van der Waals surface area contributed by atoms with Crippen molar-refractivity contribution in [3.05, 3.63) is 0 Å². The summed E-state index contributed by atoms with van der Waals surface area (Å²) in [6.07, 6.45) is 1.64. The van der Waals surface area contributed by atoms with Gasteiger partial charge in [0.15, 0.2) is 0 Å². The van der Waals surface area contributed by atoms with Crippen LogP contribution in [0.5, 0.6) is 0 Å². The molecule has 0 aromatic heterocycles. The Kier molecular flexibility index (Phi) is 2.65. The highest BCUT2D eigenvalue weighted by atomic mass is 16.3. The van der Waals surface area contributed by atoms with Crippen LogP contribution in [0.15, 0.2) is 0 Å². The lowest BCUT2D eigenvalue weighted by molar-refractivity contribution is -0.133. The predicted octanol–water partition coefficient (Wildman–Crippen LogP) is -1.06. The summed E-state index contributed by atoms with van der Waals surface area (Å²) >= 11 is 0. The first-order chi connectivity index (χ1) is 8.12. The van der Waals surface area contributed by atoms with Gasteiger partial charge in [0.1, 0.15) is 0 Å². The maximum absolute atomic E-state index is 12.3. The van der Waals surface area contributed by atoms with Crippen molar-refractivity contribution in [3.63, 3.8) is 0 Å². The quantitative estimate of drug-likeness (QED) is 0.546. The minimum atomic E-state index is -0.762. The molecule has 3 atom stereocenters. The summed E-state index contributed by atoms with van der Waals surface area (Å²) in [6, 6.07) is 0. The minimum Gasteiger partial charge on any atom is -0.388 e. The van der Waals surface area contributed by atoms with Crippen LogP contribution in [0.4, 0.5) is 0 Å². The van der Waals surface area contributed by atoms with E-state index in [1.165, 1.54) is 0 Å². The van der Waals surface area contributed by atoms with E-state index in [4.69, 9.17) is 0 Å². The van der Waals surface area contributed by atoms with Crippen LogP contribution in [0.2, 0.25) is 0 Å². The molecule has 3 fully saturated rings. The van der Waals surface area contributed by atoms with Crippen molar-refractivity contribution in [2.24, 2.45) is 11.3 Å². The average molecular weight is 240 g/mol. The van der Waals surface area contributed by atoms with E-state index in [0.717, 1.165) is 32.4 Å². The SMILES string of the molecule is O=C(C1CC12CCNCC2)N1CC(O)C(O)C1. The lowest BCUT2D eigenvalue weighted by atomic mass is 9.91. The Morgan fingerprint density at radius 1 is 1.18 bits per heavy atom. The smallest absolute Gasteiger partial charge is 0.226 e. The lowest BCUT2D eigenvalue weighted by Gasteiger charge is -2.24. The molecule has 3 unspecified atom stereocenters. The van der Waals surface area contributed by atoms with Crippen LogP contribution >= 0.6 is 0 Å². The number of β-amino-alcohol motifs (C(OH)–C–C–N with tert-alkyl or cyclic N) is 2. The van der Waals surface area contributed by atoms with Gasteiger partial charge >= 0.3 is 0 Å². The number of nitrogens with zero attached hydrogens (tertiary/aromatic N) is 1. The summed E-state index contributed by atoms with van der Waals surface area (Å²) in [4.78, 5) is 13.9. The van der Waals surface area contributed by atoms with Crippen LogP contribution < -0.4 is 5.32 Å². The number of aliphatic hydroxyl groups excluding tert-OH is 2. The summed E-state index contributed by atoms with van der Waals surface area (Å²) in [5, 5.41) is 22.3. The fraction of sp³-hybridized carbons (Fsp3) is 0.917. The molecule has 96 valence electrons. The molecule has 3 aliphatic rings. The van der Waals surface area contributed by atoms with E-state index in [9.17, 15) is 15.0 Å². The van der Waals surface area contributed by atoms with Crippen molar-refractivity contribution in [3.8, 4) is 0 Å². The van der Waals surface area contributed by atoms with Gasteiger partial charge in [0.05, 0.1) is 12.2 Å². The van der Waals surface area contributed by atoms with E-state index in [1.807, 2.05) is 0 Å². The number of piperidine rings is 1. The van der Waals surface area contributed by atoms with Crippen LogP contribution in [-0.4, -0.2) is 59.4 Å². The minimum absolute atomic E-state index is 0.141. The highest BCUT2D eigenvalue weighted by molar-refractivity contribution is 5.83. The first-order valence-electron chi connectivity index (χ1n) is 6.48. The third-order valence-corrected chi connectivity index (χ3v) is 4.66. The summed E-state index contributed by atoms with van der Waals surface area (Å²) in [5.41, 5.74) is 0.237. The Morgan fingerprint density at radius 3 is 2.35 bits per heavy atom. The molecule has 0 aromatic carbocycles. The largest absolute Gasteiger partial charge is 0.388 e. The first-order valence-corrected chi connectivity index (χ1v) is 6.48. The molecule has 0 aromatic rings. The third-order valence-electron chi connectivity index (χ3n) is 4.66. The zero-order valence-electron chi connectivity index (χ0n) is 9.93. The summed E-state index contributed by atoms with van der Waals surface area (Å²) in [6.45, 7) is 2.61. The van der Waals surface area contributed by atoms with Crippen molar-refractivity contribution in [1.29, 1.82) is 0 Å². The number of amides is 1. The summed E-state index contributed by atoms with van der Waals surface area (Å²) < 4.78 is 0. The number of nitrogens with one attached hydrogen (secondary N) is 1. The average Bonchev–Trinajstić information content (AvgIpc) is 2.90. The Labute approximate surface area is 101 Å². The topological polar surface area (TPSA) is 72.8 Å². The second kappa shape index (κ2) is 3.93. The van der Waals surface area contributed by atoms with Gasteiger partial charge in [-0.2, -0.15) is 0 Å². The molecule has 2 saturated heterocycles. The molecule has 1 saturated carbocycles. The Morgan fingerprint density at radius 2 is 1.76 bits per heavy atom. The molecule has 3 N–H and O–H groups in total. The fourth-order valence-corrected chi connectivity index (χ4v) is 3.34. The van der Waals surface area contributed by atoms with Crippen molar-refractivity contribution >= 4 is 5.91 Å². The number of aliphatic hydroxyl groups is 2. The van der Waals surface area contributed by atoms with E-state index in [-0.39, 0.29) is 17.2 Å². The third kappa shape index (κ3) is 1.86. The summed E-state index contributed by atoms with van der Waals surface area (Å²) in [7, 11) is 0. The van der Waals surface area contributed by atoms with Gasteiger partial charge in [-0.1, -0.05) is 0 Å². The van der Waals surface area contributed by atoms with Gasteiger partial charge in [-0.25, -0.2) is 0 Å². The van der Waals surface area contributed by atoms with E-state index < -0.39 is 12.2 Å². The lowest BCUT2D eigenvalue weighted by Crippen LogP contribution is -2.36. The molecular formula is C12H20N2O3. The van der Waals surface area contributed by atoms with Gasteiger partial charge in [-0.15, -0.1) is 0 Å². The van der Waals surface area contributed by atoms with Crippen molar-refractivity contribution in [2.75, 3.05) is 26.2 Å². The normalized spacial score (nSPS) is 39.6. The van der Waals surface area contributed by atoms with E-state index in [1.54, 1.807) is 4.90 Å². The van der Waals surface area contributed by atoms with Crippen LogP contribution in [0.1, 0.15) is 19.3 Å². The van der Waals surface area contributed by atoms with Gasteiger partial charge in [-0.3, -0.25) is 4.79 Å². The number of likely N-dealkylation sites (tertiary alicyclic amines) is 1. The zero-order chi connectivity index (χ0) is 12.0. The number of hydrogen-bond acceptors (Lipinski definition) is 4. The maximum Gasteiger partial charge on any atom is 0.226 e. The molecular weight excluding hydrogens is 220 g/mol. The molecule has 17 heavy (non-hydrogen) atoms. The van der Waals surface area contributed by atoms with Crippen molar-refractivity contribution in [1.82, 2.24) is 10.2 Å². The molecule has 0 bridgehead atoms. The molecule has 3 rings (SSSR count). The highest BCUT2D eigenvalue weighted by Gasteiger charge is 2.59. The standard InChI is InChI=1S/C12H20N2O3/c15-9-6-14(7-10(9)16)11(17)8-5-12(8)1-3-13-4-2-12/h8-10,13,15-16H,1-7H2. The molecule has 1 spiro atoms. The molecule has 2 heterocycles. The van der Waals surface area contributed by atoms with Crippen LogP contribution in [0, 0.1) is 11.3 Å². The number of carbonyl (C=O) groups excluding carboxylic acids is 1. The number of carbonyl (C=O) groups is 1. The molecule has 1 aliphatic carbocycles. The van der Waals surface area contributed by atoms with Crippen LogP contribution in [0.25, 0.3) is 0 Å². The van der Waals surface area contributed by atoms with E-state index in [2.05, 4.69) is 5.32 Å². The van der Waals surface area contributed by atoms with Crippen molar-refractivity contribution < 1.29 is 15.0 Å². The van der Waals surface area contributed by atoms with Gasteiger partial charge in [0, 0.05) is 19.0 Å². The van der Waals surface area contributed by atoms with Crippen LogP contribution in [0.3, 0.4) is 0 Å². The fourth-order valence-electron chi connectivity index (χ4n) is 3.34. The number of hydrogen-bond donors (Lipinski definition) is 3. The van der Waals surface area contributed by atoms with Gasteiger partial charge in [-0.05, 0) is 37.8 Å². The molecule has 5 nitrogen and oxygen atoms in total. The summed E-state index contributed by atoms with van der Waals surface area (Å²) in [5.74, 6) is 0.282. The Hall–Kier alpha value is -0.650. The molecule has 0 radical (unpaired) electrons. The number of rotatable bonds is 1. The first kappa shape index (κ1) is 11.4.